The molecule has 2 amide bonds. The number of rotatable bonds is 8. The number of anilines is 2. The number of aromatic nitrogens is 1. The summed E-state index contributed by atoms with van der Waals surface area (Å²) in [6.07, 6.45) is 2.02. The molecule has 9 nitrogen and oxygen atoms in total. The van der Waals surface area contributed by atoms with E-state index in [1.807, 2.05) is 33.8 Å². The van der Waals surface area contributed by atoms with Gasteiger partial charge in [0.05, 0.1) is 12.6 Å². The second kappa shape index (κ2) is 11.6. The highest BCUT2D eigenvalue weighted by Crippen LogP contribution is 2.20. The highest BCUT2D eigenvalue weighted by Gasteiger charge is 2.21. The molecule has 0 unspecified atom stereocenters. The van der Waals surface area contributed by atoms with Crippen molar-refractivity contribution in [3.05, 3.63) is 43.8 Å². The van der Waals surface area contributed by atoms with Gasteiger partial charge in [0.2, 0.25) is 5.91 Å². The lowest BCUT2D eigenvalue weighted by Crippen LogP contribution is -2.40. The van der Waals surface area contributed by atoms with Crippen LogP contribution in [0.25, 0.3) is 11.8 Å². The van der Waals surface area contributed by atoms with Crippen LogP contribution in [0, 0.1) is 16.7 Å². The zero-order valence-corrected chi connectivity index (χ0v) is 20.9. The Kier molecular flexibility index (Phi) is 9.18. The van der Waals surface area contributed by atoms with Crippen LogP contribution in [0.2, 0.25) is 0 Å². The van der Waals surface area contributed by atoms with Gasteiger partial charge >= 0.3 is 0 Å². The van der Waals surface area contributed by atoms with Crippen LogP contribution < -0.4 is 30.7 Å². The largest absolute Gasteiger partial charge is 0.394 e. The van der Waals surface area contributed by atoms with Gasteiger partial charge < -0.3 is 21.1 Å². The third-order valence-corrected chi connectivity index (χ3v) is 6.13. The van der Waals surface area contributed by atoms with Crippen LogP contribution in [-0.4, -0.2) is 34.1 Å². The molecule has 2 aromatic rings. The smallest absolute Gasteiger partial charge is 0.270 e. The summed E-state index contributed by atoms with van der Waals surface area (Å²) in [6.45, 7) is 9.07. The minimum atomic E-state index is -0.631. The van der Waals surface area contributed by atoms with E-state index in [2.05, 4.69) is 16.0 Å². The number of amides is 2. The number of carbonyl (C=O) groups excluding carboxylic acids is 2. The zero-order valence-electron chi connectivity index (χ0n) is 20.1. The predicted molar refractivity (Wildman–Crippen MR) is 134 cm³/mol. The summed E-state index contributed by atoms with van der Waals surface area (Å²) in [6, 6.07) is 8.50. The summed E-state index contributed by atoms with van der Waals surface area (Å²) in [7, 11) is 0. The van der Waals surface area contributed by atoms with E-state index in [0.717, 1.165) is 11.3 Å². The zero-order chi connectivity index (χ0) is 25.5. The highest BCUT2D eigenvalue weighted by atomic mass is 32.1. The molecule has 0 saturated heterocycles. The molecule has 0 bridgehead atoms. The van der Waals surface area contributed by atoms with Crippen molar-refractivity contribution >= 4 is 46.3 Å². The number of nitriles is 1. The molecular weight excluding hydrogens is 454 g/mol. The van der Waals surface area contributed by atoms with E-state index >= 15 is 0 Å². The summed E-state index contributed by atoms with van der Waals surface area (Å²) < 4.78 is 1.94. The van der Waals surface area contributed by atoms with Gasteiger partial charge in [-0.3, -0.25) is 19.0 Å². The summed E-state index contributed by atoms with van der Waals surface area (Å²) in [5.41, 5.74) is 0.218. The Morgan fingerprint density at radius 1 is 1.26 bits per heavy atom. The molecule has 1 aromatic heterocycles. The van der Waals surface area contributed by atoms with Gasteiger partial charge in [0, 0.05) is 29.5 Å². The molecular formula is C24H31N5O4S. The lowest BCUT2D eigenvalue weighted by atomic mass is 9.95. The molecule has 0 aliphatic carbocycles. The third-order valence-electron chi connectivity index (χ3n) is 5.00. The number of benzene rings is 1. The van der Waals surface area contributed by atoms with Crippen LogP contribution in [0.3, 0.4) is 0 Å². The number of aliphatic hydroxyl groups is 1. The van der Waals surface area contributed by atoms with Crippen LogP contribution in [0.4, 0.5) is 11.4 Å². The topological polar surface area (TPSA) is 136 Å². The Bertz CT molecular complexity index is 1260. The lowest BCUT2D eigenvalue weighted by Gasteiger charge is -2.18. The number of thiazole rings is 1. The molecule has 0 aliphatic heterocycles. The van der Waals surface area contributed by atoms with E-state index in [0.29, 0.717) is 22.3 Å². The Balaban J connectivity index is 2.43. The van der Waals surface area contributed by atoms with E-state index in [4.69, 9.17) is 0 Å². The van der Waals surface area contributed by atoms with Crippen molar-refractivity contribution in [1.82, 2.24) is 9.88 Å². The van der Waals surface area contributed by atoms with Gasteiger partial charge in [-0.05, 0) is 31.5 Å². The molecule has 1 heterocycles. The summed E-state index contributed by atoms with van der Waals surface area (Å²) in [5, 5.41) is 27.5. The van der Waals surface area contributed by atoms with Crippen molar-refractivity contribution in [2.45, 2.75) is 53.6 Å². The second-order valence-electron chi connectivity index (χ2n) is 8.64. The highest BCUT2D eigenvalue weighted by molar-refractivity contribution is 7.07. The molecule has 34 heavy (non-hydrogen) atoms. The number of hydrogen-bond acceptors (Lipinski definition) is 7. The van der Waals surface area contributed by atoms with Crippen molar-refractivity contribution < 1.29 is 14.7 Å². The van der Waals surface area contributed by atoms with E-state index in [-0.39, 0.29) is 34.9 Å². The van der Waals surface area contributed by atoms with E-state index in [1.54, 1.807) is 31.2 Å². The number of hydrogen-bond donors (Lipinski definition) is 4. The molecule has 4 N–H and O–H groups in total. The van der Waals surface area contributed by atoms with Gasteiger partial charge in [0.15, 0.2) is 5.57 Å². The Hall–Kier alpha value is -3.42. The van der Waals surface area contributed by atoms with E-state index in [9.17, 15) is 24.8 Å². The summed E-state index contributed by atoms with van der Waals surface area (Å²) in [5.74, 6) is -0.750. The SMILES string of the molecule is CC[C@@H](CO)NC(=O)C(C#N)=c1sc(=CNc2cccc(NC(=O)C(C)(C)C)c2)c(=O)n1CC. The first-order chi connectivity index (χ1) is 16.0. The molecule has 0 radical (unpaired) electrons. The van der Waals surface area contributed by atoms with Crippen LogP contribution in [0.1, 0.15) is 41.0 Å². The second-order valence-corrected chi connectivity index (χ2v) is 9.67. The molecule has 10 heteroatoms. The van der Waals surface area contributed by atoms with Crippen LogP contribution in [-0.2, 0) is 16.1 Å². The Labute approximate surface area is 202 Å². The third kappa shape index (κ3) is 6.56. The quantitative estimate of drug-likeness (QED) is 0.445. The summed E-state index contributed by atoms with van der Waals surface area (Å²) >= 11 is 1.03. The average molecular weight is 486 g/mol. The Morgan fingerprint density at radius 3 is 2.50 bits per heavy atom. The molecule has 1 aromatic carbocycles. The maximum absolute atomic E-state index is 12.9. The summed E-state index contributed by atoms with van der Waals surface area (Å²) in [4.78, 5) is 37.7. The minimum absolute atomic E-state index is 0.119. The number of carbonyl (C=O) groups is 2. The minimum Gasteiger partial charge on any atom is -0.394 e. The number of nitrogens with zero attached hydrogens (tertiary/aromatic N) is 2. The molecule has 1 atom stereocenters. The van der Waals surface area contributed by atoms with Gasteiger partial charge in [-0.1, -0.05) is 33.8 Å². The molecule has 0 aliphatic rings. The van der Waals surface area contributed by atoms with E-state index in [1.165, 1.54) is 10.8 Å². The predicted octanol–water partition coefficient (Wildman–Crippen LogP) is 1.33. The maximum Gasteiger partial charge on any atom is 0.270 e. The molecule has 182 valence electrons. The van der Waals surface area contributed by atoms with Crippen molar-refractivity contribution in [2.24, 2.45) is 5.41 Å². The van der Waals surface area contributed by atoms with Crippen LogP contribution in [0.5, 0.6) is 0 Å². The standard InChI is InChI=1S/C24H31N5O4S/c1-6-15(14-30)27-20(31)18(12-25)22-29(7-2)21(32)19(34-22)13-26-16-9-8-10-17(11-16)28-23(33)24(3,4)5/h8-11,13,15,26,30H,6-7,14H2,1-5H3,(H,27,31)(H,28,33)/t15-/m0/s1. The molecule has 0 spiro atoms. The van der Waals surface area contributed by atoms with Crippen molar-refractivity contribution in [3.8, 4) is 6.07 Å². The van der Waals surface area contributed by atoms with Gasteiger partial charge in [0.25, 0.3) is 11.5 Å². The van der Waals surface area contributed by atoms with Crippen molar-refractivity contribution in [3.63, 3.8) is 0 Å². The van der Waals surface area contributed by atoms with Crippen LogP contribution in [0.15, 0.2) is 29.1 Å². The fourth-order valence-corrected chi connectivity index (χ4v) is 3.96. The van der Waals surface area contributed by atoms with Gasteiger partial charge in [-0.15, -0.1) is 11.3 Å². The monoisotopic (exact) mass is 485 g/mol. The maximum atomic E-state index is 12.9. The lowest BCUT2D eigenvalue weighted by molar-refractivity contribution is -0.123. The van der Waals surface area contributed by atoms with E-state index < -0.39 is 17.4 Å². The van der Waals surface area contributed by atoms with Gasteiger partial charge in [-0.25, -0.2) is 0 Å². The first kappa shape index (κ1) is 26.8. The molecule has 2 rings (SSSR count). The molecule has 0 saturated carbocycles. The normalized spacial score (nSPS) is 13.6. The first-order valence-corrected chi connectivity index (χ1v) is 11.8. The average Bonchev–Trinajstić information content (AvgIpc) is 3.11. The first-order valence-electron chi connectivity index (χ1n) is 11.0. The Morgan fingerprint density at radius 2 is 1.94 bits per heavy atom. The number of nitrogens with one attached hydrogen (secondary N) is 3. The van der Waals surface area contributed by atoms with Gasteiger partial charge in [0.1, 0.15) is 15.3 Å². The van der Waals surface area contributed by atoms with Crippen LogP contribution >= 0.6 is 11.3 Å². The fourth-order valence-electron chi connectivity index (χ4n) is 2.88. The van der Waals surface area contributed by atoms with Crippen molar-refractivity contribution in [1.29, 1.82) is 5.26 Å². The van der Waals surface area contributed by atoms with Crippen molar-refractivity contribution in [2.75, 3.05) is 17.2 Å². The molecule has 0 fully saturated rings. The number of aliphatic hydroxyl groups excluding tert-OH is 1. The van der Waals surface area contributed by atoms with Gasteiger partial charge in [-0.2, -0.15) is 5.26 Å². The fraction of sp³-hybridized carbons (Fsp3) is 0.417.